The summed E-state index contributed by atoms with van der Waals surface area (Å²) in [5.41, 5.74) is 0.978. The molecular weight excluding hydrogens is 421 g/mol. The summed E-state index contributed by atoms with van der Waals surface area (Å²) in [5.74, 6) is 0.589. The van der Waals surface area contributed by atoms with Crippen molar-refractivity contribution < 1.29 is 17.3 Å². The highest BCUT2D eigenvalue weighted by molar-refractivity contribution is 7.87. The molecule has 0 unspecified atom stereocenters. The van der Waals surface area contributed by atoms with Crippen molar-refractivity contribution in [3.05, 3.63) is 58.2 Å². The number of rotatable bonds is 7. The van der Waals surface area contributed by atoms with E-state index in [-0.39, 0.29) is 21.2 Å². The van der Waals surface area contributed by atoms with Crippen LogP contribution in [-0.2, 0) is 10.1 Å². The standard InChI is InChI=1S/C20H19Cl2NO4S/c1-3-4-10-26-18-8-7-14(11-13(18)2)28(24,25)27-20-17(22)12-16(21)15-6-5-9-23-19(15)20/h5-9,11-12H,3-4,10H2,1-2H3. The maximum atomic E-state index is 12.8. The second-order valence-electron chi connectivity index (χ2n) is 6.24. The van der Waals surface area contributed by atoms with Crippen molar-refractivity contribution in [2.24, 2.45) is 0 Å². The van der Waals surface area contributed by atoms with E-state index in [1.54, 1.807) is 25.1 Å². The average molecular weight is 440 g/mol. The molecule has 3 aromatic rings. The summed E-state index contributed by atoms with van der Waals surface area (Å²) in [6.45, 7) is 4.44. The van der Waals surface area contributed by atoms with Crippen LogP contribution in [0, 0.1) is 6.92 Å². The number of ether oxygens (including phenoxy) is 1. The van der Waals surface area contributed by atoms with Gasteiger partial charge in [0, 0.05) is 11.6 Å². The number of hydrogen-bond donors (Lipinski definition) is 0. The highest BCUT2D eigenvalue weighted by Gasteiger charge is 2.22. The first-order valence-electron chi connectivity index (χ1n) is 8.74. The summed E-state index contributed by atoms with van der Waals surface area (Å²) in [4.78, 5) is 4.18. The molecule has 0 amide bonds. The third-order valence-corrected chi connectivity index (χ3v) is 5.94. The normalized spacial score (nSPS) is 11.6. The van der Waals surface area contributed by atoms with E-state index in [0.29, 0.717) is 28.3 Å². The van der Waals surface area contributed by atoms with Crippen molar-refractivity contribution in [2.75, 3.05) is 6.61 Å². The predicted molar refractivity (Wildman–Crippen MR) is 111 cm³/mol. The molecule has 8 heteroatoms. The van der Waals surface area contributed by atoms with Crippen LogP contribution in [0.5, 0.6) is 11.5 Å². The van der Waals surface area contributed by atoms with Crippen LogP contribution in [0.15, 0.2) is 47.5 Å². The Morgan fingerprint density at radius 3 is 2.61 bits per heavy atom. The van der Waals surface area contributed by atoms with Crippen LogP contribution in [-0.4, -0.2) is 20.0 Å². The number of hydrogen-bond acceptors (Lipinski definition) is 5. The fraction of sp³-hybridized carbons (Fsp3) is 0.250. The third kappa shape index (κ3) is 4.35. The number of pyridine rings is 1. The molecule has 0 aliphatic carbocycles. The lowest BCUT2D eigenvalue weighted by atomic mass is 10.2. The number of benzene rings is 2. The molecule has 148 valence electrons. The molecule has 0 saturated carbocycles. The third-order valence-electron chi connectivity index (χ3n) is 4.13. The Morgan fingerprint density at radius 1 is 1.11 bits per heavy atom. The quantitative estimate of drug-likeness (QED) is 0.343. The van der Waals surface area contributed by atoms with Crippen molar-refractivity contribution in [1.82, 2.24) is 4.98 Å². The second kappa shape index (κ2) is 8.55. The van der Waals surface area contributed by atoms with E-state index in [1.807, 2.05) is 0 Å². The summed E-state index contributed by atoms with van der Waals surface area (Å²) < 4.78 is 36.7. The number of aryl methyl sites for hydroxylation is 1. The molecule has 3 rings (SSSR count). The van der Waals surface area contributed by atoms with Crippen LogP contribution in [0.1, 0.15) is 25.3 Å². The van der Waals surface area contributed by atoms with E-state index in [4.69, 9.17) is 32.1 Å². The van der Waals surface area contributed by atoms with Crippen LogP contribution in [0.25, 0.3) is 10.9 Å². The summed E-state index contributed by atoms with van der Waals surface area (Å²) in [7, 11) is -4.13. The minimum absolute atomic E-state index is 0.00272. The van der Waals surface area contributed by atoms with Crippen molar-refractivity contribution in [3.8, 4) is 11.5 Å². The first kappa shape index (κ1) is 20.7. The molecule has 5 nitrogen and oxygen atoms in total. The summed E-state index contributed by atoms with van der Waals surface area (Å²) in [6.07, 6.45) is 3.46. The molecule has 2 aromatic carbocycles. The number of nitrogens with zero attached hydrogens (tertiary/aromatic N) is 1. The zero-order valence-corrected chi connectivity index (χ0v) is 17.7. The van der Waals surface area contributed by atoms with Crippen LogP contribution in [0.4, 0.5) is 0 Å². The molecule has 1 heterocycles. The van der Waals surface area contributed by atoms with Gasteiger partial charge in [-0.25, -0.2) is 0 Å². The van der Waals surface area contributed by atoms with Crippen LogP contribution in [0.3, 0.4) is 0 Å². The van der Waals surface area contributed by atoms with Crippen molar-refractivity contribution >= 4 is 44.2 Å². The van der Waals surface area contributed by atoms with E-state index in [2.05, 4.69) is 11.9 Å². The van der Waals surface area contributed by atoms with Gasteiger partial charge in [-0.3, -0.25) is 4.98 Å². The fourth-order valence-electron chi connectivity index (χ4n) is 2.65. The molecule has 0 radical (unpaired) electrons. The van der Waals surface area contributed by atoms with Crippen molar-refractivity contribution in [1.29, 1.82) is 0 Å². The second-order valence-corrected chi connectivity index (χ2v) is 8.60. The fourth-order valence-corrected chi connectivity index (χ4v) is 4.29. The SMILES string of the molecule is CCCCOc1ccc(S(=O)(=O)Oc2c(Cl)cc(Cl)c3cccnc23)cc1C. The summed E-state index contributed by atoms with van der Waals surface area (Å²) in [6, 6.07) is 9.43. The van der Waals surface area contributed by atoms with Gasteiger partial charge in [0.05, 0.1) is 16.7 Å². The van der Waals surface area contributed by atoms with Gasteiger partial charge in [0.25, 0.3) is 0 Å². The lowest BCUT2D eigenvalue weighted by molar-refractivity contribution is 0.307. The Bertz CT molecular complexity index is 1120. The Balaban J connectivity index is 1.95. The van der Waals surface area contributed by atoms with Gasteiger partial charge in [0.1, 0.15) is 16.2 Å². The molecule has 0 bridgehead atoms. The van der Waals surface area contributed by atoms with Gasteiger partial charge in [-0.15, -0.1) is 0 Å². The van der Waals surface area contributed by atoms with E-state index in [0.717, 1.165) is 12.8 Å². The largest absolute Gasteiger partial charge is 0.493 e. The highest BCUT2D eigenvalue weighted by atomic mass is 35.5. The zero-order chi connectivity index (χ0) is 20.3. The lowest BCUT2D eigenvalue weighted by Crippen LogP contribution is -2.11. The molecule has 0 aliphatic heterocycles. The molecule has 28 heavy (non-hydrogen) atoms. The van der Waals surface area contributed by atoms with Crippen molar-refractivity contribution in [3.63, 3.8) is 0 Å². The van der Waals surface area contributed by atoms with Gasteiger partial charge in [0.2, 0.25) is 0 Å². The number of unbranched alkanes of at least 4 members (excludes halogenated alkanes) is 1. The molecule has 0 aliphatic rings. The molecule has 0 N–H and O–H groups in total. The van der Waals surface area contributed by atoms with Gasteiger partial charge < -0.3 is 8.92 Å². The van der Waals surface area contributed by atoms with Crippen LogP contribution < -0.4 is 8.92 Å². The first-order valence-corrected chi connectivity index (χ1v) is 10.9. The minimum atomic E-state index is -4.13. The number of aromatic nitrogens is 1. The Kier molecular flexibility index (Phi) is 6.33. The van der Waals surface area contributed by atoms with Crippen molar-refractivity contribution in [2.45, 2.75) is 31.6 Å². The van der Waals surface area contributed by atoms with Gasteiger partial charge in [0.15, 0.2) is 5.75 Å². The molecule has 0 saturated heterocycles. The lowest BCUT2D eigenvalue weighted by Gasteiger charge is -2.13. The predicted octanol–water partition coefficient (Wildman–Crippen LogP) is 5.80. The van der Waals surface area contributed by atoms with Crippen LogP contribution in [0.2, 0.25) is 10.0 Å². The van der Waals surface area contributed by atoms with E-state index < -0.39 is 10.1 Å². The average Bonchev–Trinajstić information content (AvgIpc) is 2.66. The highest BCUT2D eigenvalue weighted by Crippen LogP contribution is 2.38. The maximum absolute atomic E-state index is 12.8. The van der Waals surface area contributed by atoms with E-state index in [9.17, 15) is 8.42 Å². The Morgan fingerprint density at radius 2 is 1.89 bits per heavy atom. The molecule has 1 aromatic heterocycles. The van der Waals surface area contributed by atoms with Gasteiger partial charge in [-0.2, -0.15) is 8.42 Å². The monoisotopic (exact) mass is 439 g/mol. The van der Waals surface area contributed by atoms with Crippen LogP contribution >= 0.6 is 23.2 Å². The molecular formula is C20H19Cl2NO4S. The van der Waals surface area contributed by atoms with Gasteiger partial charge in [-0.05, 0) is 55.3 Å². The number of halogens is 2. The topological polar surface area (TPSA) is 65.5 Å². The van der Waals surface area contributed by atoms with E-state index in [1.165, 1.54) is 24.4 Å². The molecule has 0 atom stereocenters. The Hall–Kier alpha value is -2.02. The minimum Gasteiger partial charge on any atom is -0.493 e. The maximum Gasteiger partial charge on any atom is 0.339 e. The summed E-state index contributed by atoms with van der Waals surface area (Å²) >= 11 is 12.4. The van der Waals surface area contributed by atoms with E-state index >= 15 is 0 Å². The zero-order valence-electron chi connectivity index (χ0n) is 15.4. The molecule has 0 spiro atoms. The smallest absolute Gasteiger partial charge is 0.339 e. The number of fused-ring (bicyclic) bond motifs is 1. The molecule has 0 fully saturated rings. The van der Waals surface area contributed by atoms with Gasteiger partial charge in [-0.1, -0.05) is 36.5 Å². The Labute approximate surface area is 174 Å². The summed E-state index contributed by atoms with van der Waals surface area (Å²) in [5, 5.41) is 0.980. The first-order chi connectivity index (χ1) is 13.3. The van der Waals surface area contributed by atoms with Gasteiger partial charge >= 0.3 is 10.1 Å².